The maximum atomic E-state index is 4.40. The molecule has 0 fully saturated rings. The van der Waals surface area contributed by atoms with Crippen LogP contribution in [0.4, 0.5) is 5.95 Å². The third-order valence-corrected chi connectivity index (χ3v) is 2.77. The van der Waals surface area contributed by atoms with Crippen molar-refractivity contribution in [3.8, 4) is 0 Å². The van der Waals surface area contributed by atoms with Crippen LogP contribution in [0.1, 0.15) is 6.42 Å². The molecule has 2 heterocycles. The SMILES string of the molecule is c1ccc2nc(NCCCn3cccn3)nnc2c1. The second-order valence-corrected chi connectivity index (χ2v) is 4.17. The number of anilines is 1. The fraction of sp³-hybridized carbons (Fsp3) is 0.231. The van der Waals surface area contributed by atoms with E-state index in [1.54, 1.807) is 6.20 Å². The Kier molecular flexibility index (Phi) is 3.31. The molecule has 6 heteroatoms. The van der Waals surface area contributed by atoms with Gasteiger partial charge in [0.2, 0.25) is 5.95 Å². The molecule has 1 aromatic carbocycles. The normalized spacial score (nSPS) is 10.7. The Bertz CT molecular complexity index is 649. The first-order chi connectivity index (χ1) is 9.42. The van der Waals surface area contributed by atoms with E-state index in [9.17, 15) is 0 Å². The van der Waals surface area contributed by atoms with Gasteiger partial charge in [-0.2, -0.15) is 5.10 Å². The lowest BCUT2D eigenvalue weighted by Crippen LogP contribution is -2.09. The molecule has 0 aliphatic rings. The third-order valence-electron chi connectivity index (χ3n) is 2.77. The van der Waals surface area contributed by atoms with Gasteiger partial charge >= 0.3 is 0 Å². The summed E-state index contributed by atoms with van der Waals surface area (Å²) in [6.07, 6.45) is 4.69. The van der Waals surface area contributed by atoms with Gasteiger partial charge in [-0.05, 0) is 24.6 Å². The molecule has 19 heavy (non-hydrogen) atoms. The number of nitrogens with zero attached hydrogens (tertiary/aromatic N) is 5. The van der Waals surface area contributed by atoms with Crippen molar-refractivity contribution in [2.45, 2.75) is 13.0 Å². The number of aryl methyl sites for hydroxylation is 1. The zero-order valence-corrected chi connectivity index (χ0v) is 10.4. The monoisotopic (exact) mass is 254 g/mol. The predicted molar refractivity (Wildman–Crippen MR) is 72.7 cm³/mol. The molecule has 0 aliphatic heterocycles. The molecule has 0 unspecified atom stereocenters. The quantitative estimate of drug-likeness (QED) is 0.702. The van der Waals surface area contributed by atoms with Crippen molar-refractivity contribution in [2.24, 2.45) is 0 Å². The standard InChI is InChI=1S/C13H14N6/c1-2-6-12-11(5-1)16-13(18-17-12)14-7-3-9-19-10-4-8-15-19/h1-2,4-6,8,10H,3,7,9H2,(H,14,16,18). The molecule has 0 radical (unpaired) electrons. The van der Waals surface area contributed by atoms with Gasteiger partial charge in [-0.3, -0.25) is 4.68 Å². The number of fused-ring (bicyclic) bond motifs is 1. The maximum absolute atomic E-state index is 4.40. The van der Waals surface area contributed by atoms with Crippen LogP contribution >= 0.6 is 0 Å². The van der Waals surface area contributed by atoms with E-state index < -0.39 is 0 Å². The number of rotatable bonds is 5. The molecule has 96 valence electrons. The van der Waals surface area contributed by atoms with Crippen LogP contribution in [0.15, 0.2) is 42.7 Å². The van der Waals surface area contributed by atoms with E-state index >= 15 is 0 Å². The van der Waals surface area contributed by atoms with Crippen molar-refractivity contribution in [2.75, 3.05) is 11.9 Å². The molecule has 0 aliphatic carbocycles. The van der Waals surface area contributed by atoms with Crippen LogP contribution in [0.3, 0.4) is 0 Å². The van der Waals surface area contributed by atoms with Crippen LogP contribution < -0.4 is 5.32 Å². The smallest absolute Gasteiger partial charge is 0.243 e. The summed E-state index contributed by atoms with van der Waals surface area (Å²) < 4.78 is 1.90. The zero-order chi connectivity index (χ0) is 12.9. The molecule has 3 rings (SSSR count). The molecule has 0 spiro atoms. The van der Waals surface area contributed by atoms with Gasteiger partial charge in [0.1, 0.15) is 5.52 Å². The highest BCUT2D eigenvalue weighted by Gasteiger charge is 2.00. The van der Waals surface area contributed by atoms with Crippen LogP contribution in [0.2, 0.25) is 0 Å². The Labute approximate surface area is 110 Å². The lowest BCUT2D eigenvalue weighted by molar-refractivity contribution is 0.591. The summed E-state index contributed by atoms with van der Waals surface area (Å²) in [5.74, 6) is 0.569. The number of aromatic nitrogens is 5. The van der Waals surface area contributed by atoms with Gasteiger partial charge in [0.15, 0.2) is 0 Å². The second-order valence-electron chi connectivity index (χ2n) is 4.17. The van der Waals surface area contributed by atoms with Gasteiger partial charge < -0.3 is 5.32 Å². The highest BCUT2D eigenvalue weighted by Crippen LogP contribution is 2.08. The number of nitrogens with one attached hydrogen (secondary N) is 1. The largest absolute Gasteiger partial charge is 0.353 e. The van der Waals surface area contributed by atoms with E-state index in [1.165, 1.54) is 0 Å². The minimum absolute atomic E-state index is 0.569. The summed E-state index contributed by atoms with van der Waals surface area (Å²) >= 11 is 0. The number of hydrogen-bond acceptors (Lipinski definition) is 5. The van der Waals surface area contributed by atoms with E-state index in [0.717, 1.165) is 30.5 Å². The lowest BCUT2D eigenvalue weighted by Gasteiger charge is -2.05. The van der Waals surface area contributed by atoms with Crippen molar-refractivity contribution in [1.29, 1.82) is 0 Å². The first-order valence-corrected chi connectivity index (χ1v) is 6.22. The summed E-state index contributed by atoms with van der Waals surface area (Å²) in [6.45, 7) is 1.67. The highest BCUT2D eigenvalue weighted by molar-refractivity contribution is 5.73. The molecule has 6 nitrogen and oxygen atoms in total. The van der Waals surface area contributed by atoms with Crippen molar-refractivity contribution in [3.05, 3.63) is 42.7 Å². The lowest BCUT2D eigenvalue weighted by atomic mass is 10.3. The third kappa shape index (κ3) is 2.85. The van der Waals surface area contributed by atoms with Gasteiger partial charge in [0, 0.05) is 25.5 Å². The van der Waals surface area contributed by atoms with Gasteiger partial charge in [-0.25, -0.2) is 4.98 Å². The van der Waals surface area contributed by atoms with E-state index in [-0.39, 0.29) is 0 Å². The summed E-state index contributed by atoms with van der Waals surface area (Å²) in [5.41, 5.74) is 1.66. The zero-order valence-electron chi connectivity index (χ0n) is 10.4. The Hall–Kier alpha value is -2.50. The molecule has 0 saturated carbocycles. The Morgan fingerprint density at radius 3 is 2.79 bits per heavy atom. The average Bonchev–Trinajstić information content (AvgIpc) is 2.97. The van der Waals surface area contributed by atoms with Crippen molar-refractivity contribution in [1.82, 2.24) is 25.0 Å². The predicted octanol–water partition coefficient (Wildman–Crippen LogP) is 1.72. The number of hydrogen-bond donors (Lipinski definition) is 1. The molecular weight excluding hydrogens is 240 g/mol. The molecule has 3 aromatic rings. The maximum Gasteiger partial charge on any atom is 0.243 e. The molecule has 0 amide bonds. The first kappa shape index (κ1) is 11.6. The van der Waals surface area contributed by atoms with Crippen molar-refractivity contribution >= 4 is 17.0 Å². The first-order valence-electron chi connectivity index (χ1n) is 6.22. The minimum Gasteiger partial charge on any atom is -0.353 e. The van der Waals surface area contributed by atoms with E-state index in [2.05, 4.69) is 25.6 Å². The van der Waals surface area contributed by atoms with E-state index in [4.69, 9.17) is 0 Å². The minimum atomic E-state index is 0.569. The van der Waals surface area contributed by atoms with Crippen LogP contribution in [-0.2, 0) is 6.54 Å². The Morgan fingerprint density at radius 2 is 1.95 bits per heavy atom. The highest BCUT2D eigenvalue weighted by atomic mass is 15.3. The van der Waals surface area contributed by atoms with E-state index in [1.807, 2.05) is 41.2 Å². The summed E-state index contributed by atoms with van der Waals surface area (Å²) in [6, 6.07) is 9.62. The van der Waals surface area contributed by atoms with Crippen molar-refractivity contribution < 1.29 is 0 Å². The van der Waals surface area contributed by atoms with Crippen LogP contribution in [0, 0.1) is 0 Å². The van der Waals surface area contributed by atoms with Crippen LogP contribution in [0.5, 0.6) is 0 Å². The summed E-state index contributed by atoms with van der Waals surface area (Å²) in [5, 5.41) is 15.5. The fourth-order valence-electron chi connectivity index (χ4n) is 1.83. The molecule has 0 saturated heterocycles. The number of para-hydroxylation sites is 1. The Morgan fingerprint density at radius 1 is 1.05 bits per heavy atom. The van der Waals surface area contributed by atoms with Gasteiger partial charge in [-0.1, -0.05) is 12.1 Å². The second kappa shape index (κ2) is 5.43. The topological polar surface area (TPSA) is 68.5 Å². The van der Waals surface area contributed by atoms with Gasteiger partial charge in [0.05, 0.1) is 5.52 Å². The summed E-state index contributed by atoms with van der Waals surface area (Å²) in [7, 11) is 0. The van der Waals surface area contributed by atoms with Gasteiger partial charge in [0.25, 0.3) is 0 Å². The molecule has 2 aromatic heterocycles. The van der Waals surface area contributed by atoms with Crippen molar-refractivity contribution in [3.63, 3.8) is 0 Å². The fourth-order valence-corrected chi connectivity index (χ4v) is 1.83. The summed E-state index contributed by atoms with van der Waals surface area (Å²) in [4.78, 5) is 4.40. The number of benzene rings is 1. The van der Waals surface area contributed by atoms with Crippen LogP contribution in [-0.4, -0.2) is 31.5 Å². The molecule has 0 atom stereocenters. The van der Waals surface area contributed by atoms with Gasteiger partial charge in [-0.15, -0.1) is 10.2 Å². The Balaban J connectivity index is 1.56. The van der Waals surface area contributed by atoms with Crippen LogP contribution in [0.25, 0.3) is 11.0 Å². The molecule has 1 N–H and O–H groups in total. The molecule has 0 bridgehead atoms. The molecular formula is C13H14N6. The van der Waals surface area contributed by atoms with E-state index in [0.29, 0.717) is 5.95 Å². The average molecular weight is 254 g/mol.